The predicted octanol–water partition coefficient (Wildman–Crippen LogP) is 0.574. The van der Waals surface area contributed by atoms with E-state index in [2.05, 4.69) is 19.1 Å². The molecule has 4 nitrogen and oxygen atoms in total. The minimum atomic E-state index is -0.693. The van der Waals surface area contributed by atoms with Crippen LogP contribution in [0.15, 0.2) is 54.6 Å². The zero-order valence-corrected chi connectivity index (χ0v) is 13.4. The molecule has 2 aromatic carbocycles. The molecule has 1 unspecified atom stereocenters. The summed E-state index contributed by atoms with van der Waals surface area (Å²) >= 11 is 0. The van der Waals surface area contributed by atoms with Gasteiger partial charge < -0.3 is 16.1 Å². The van der Waals surface area contributed by atoms with Gasteiger partial charge in [0.2, 0.25) is 0 Å². The third kappa shape index (κ3) is 4.68. The maximum absolute atomic E-state index is 12.2. The van der Waals surface area contributed by atoms with E-state index in [1.807, 2.05) is 42.5 Å². The van der Waals surface area contributed by atoms with Gasteiger partial charge in [0.15, 0.2) is 0 Å². The quantitative estimate of drug-likeness (QED) is 0.733. The van der Waals surface area contributed by atoms with Gasteiger partial charge in [0.05, 0.1) is 0 Å². The molecule has 0 aliphatic heterocycles. The maximum atomic E-state index is 12.2. The van der Waals surface area contributed by atoms with Crippen molar-refractivity contribution < 1.29 is 9.45 Å². The summed E-state index contributed by atoms with van der Waals surface area (Å²) in [6.45, 7) is 2.01. The van der Waals surface area contributed by atoms with Gasteiger partial charge in [-0.1, -0.05) is 61.5 Å². The van der Waals surface area contributed by atoms with Crippen LogP contribution in [0.3, 0.4) is 0 Å². The van der Waals surface area contributed by atoms with E-state index in [-0.39, 0.29) is 0 Å². The Hall–Kier alpha value is -2.11. The Bertz CT molecular complexity index is 617. The highest BCUT2D eigenvalue weighted by Gasteiger charge is 2.27. The van der Waals surface area contributed by atoms with Crippen LogP contribution < -0.4 is 22.4 Å². The second-order valence-corrected chi connectivity index (χ2v) is 5.51. The molecule has 0 bridgehead atoms. The summed E-state index contributed by atoms with van der Waals surface area (Å²) < 4.78 is 5.69. The van der Waals surface area contributed by atoms with Crippen molar-refractivity contribution in [3.63, 3.8) is 0 Å². The van der Waals surface area contributed by atoms with Gasteiger partial charge in [-0.3, -0.25) is 4.79 Å². The first-order valence-corrected chi connectivity index (χ1v) is 7.95. The first-order chi connectivity index (χ1) is 11.2. The summed E-state index contributed by atoms with van der Waals surface area (Å²) in [5, 5.41) is 0. The lowest BCUT2D eigenvalue weighted by Gasteiger charge is -2.18. The number of benzene rings is 2. The Labute approximate surface area is 137 Å². The van der Waals surface area contributed by atoms with Crippen LogP contribution in [0.25, 0.3) is 0 Å². The summed E-state index contributed by atoms with van der Waals surface area (Å²) in [5.41, 5.74) is 14.4. The van der Waals surface area contributed by atoms with Gasteiger partial charge in [-0.25, -0.2) is 0 Å². The molecule has 0 aromatic heterocycles. The highest BCUT2D eigenvalue weighted by atomic mass is 16.5. The summed E-state index contributed by atoms with van der Waals surface area (Å²) in [4.78, 5) is 12.2. The first kappa shape index (κ1) is 17.3. The van der Waals surface area contributed by atoms with Gasteiger partial charge in [-0.15, -0.1) is 0 Å². The number of hydrogen-bond acceptors (Lipinski definition) is 4. The van der Waals surface area contributed by atoms with Crippen LogP contribution >= 0.6 is 0 Å². The van der Waals surface area contributed by atoms with Gasteiger partial charge in [0.25, 0.3) is 0 Å². The van der Waals surface area contributed by atoms with Gasteiger partial charge in [0.1, 0.15) is 6.04 Å². The molecule has 0 saturated carbocycles. The lowest BCUT2D eigenvalue weighted by Crippen LogP contribution is -2.49. The van der Waals surface area contributed by atoms with Crippen LogP contribution in [0, 0.1) is 0 Å². The van der Waals surface area contributed by atoms with Crippen molar-refractivity contribution in [3.05, 3.63) is 60.2 Å². The van der Waals surface area contributed by atoms with Crippen molar-refractivity contribution in [1.29, 1.82) is 0 Å². The first-order valence-electron chi connectivity index (χ1n) is 7.95. The van der Waals surface area contributed by atoms with Gasteiger partial charge in [-0.05, 0) is 35.9 Å². The lowest BCUT2D eigenvalue weighted by atomic mass is 9.55. The molecule has 0 fully saturated rings. The molecular weight excluding hydrogens is 287 g/mol. The van der Waals surface area contributed by atoms with E-state index in [1.54, 1.807) is 0 Å². The van der Waals surface area contributed by atoms with E-state index in [1.165, 1.54) is 5.56 Å². The zero-order valence-electron chi connectivity index (χ0n) is 13.4. The molecule has 0 aliphatic carbocycles. The fourth-order valence-corrected chi connectivity index (χ4v) is 2.39. The molecule has 0 saturated heterocycles. The number of hydrogen-bond donors (Lipinski definition) is 2. The number of nitrogens with two attached hydrogens (primary N) is 2. The molecule has 5 heteroatoms. The summed E-state index contributed by atoms with van der Waals surface area (Å²) in [5.74, 6) is -0.427. The van der Waals surface area contributed by atoms with Crippen molar-refractivity contribution >= 4 is 23.8 Å². The number of aryl methyl sites for hydroxylation is 1. The molecule has 0 radical (unpaired) electrons. The van der Waals surface area contributed by atoms with E-state index in [4.69, 9.17) is 16.1 Å². The smallest absolute Gasteiger partial charge is 0.429 e. The molecule has 2 rings (SSSR count). The van der Waals surface area contributed by atoms with Crippen molar-refractivity contribution in [2.75, 3.05) is 6.54 Å². The fraction of sp³-hybridized carbons (Fsp3) is 0.278. The minimum absolute atomic E-state index is 0.359. The van der Waals surface area contributed by atoms with Crippen LogP contribution in [0.5, 0.6) is 0 Å². The van der Waals surface area contributed by atoms with E-state index < -0.39 is 18.9 Å². The Morgan fingerprint density at radius 2 is 1.70 bits per heavy atom. The summed E-state index contributed by atoms with van der Waals surface area (Å²) in [7, 11) is 0. The maximum Gasteiger partial charge on any atom is 0.429 e. The van der Waals surface area contributed by atoms with E-state index in [0.717, 1.165) is 17.3 Å². The van der Waals surface area contributed by atoms with Crippen LogP contribution in [-0.4, -0.2) is 25.5 Å². The molecule has 23 heavy (non-hydrogen) atoms. The van der Waals surface area contributed by atoms with Crippen molar-refractivity contribution in [2.45, 2.75) is 25.8 Å². The van der Waals surface area contributed by atoms with E-state index >= 15 is 0 Å². The highest BCUT2D eigenvalue weighted by molar-refractivity contribution is 6.81. The molecule has 0 aliphatic rings. The fourth-order valence-electron chi connectivity index (χ4n) is 2.39. The highest BCUT2D eigenvalue weighted by Crippen LogP contribution is 2.02. The molecule has 0 heterocycles. The number of rotatable bonds is 7. The Morgan fingerprint density at radius 3 is 2.26 bits per heavy atom. The van der Waals surface area contributed by atoms with Crippen LogP contribution in [0.4, 0.5) is 0 Å². The molecule has 2 aromatic rings. The topological polar surface area (TPSA) is 78.3 Å². The number of carbonyl (C=O) groups is 1. The number of carbonyl (C=O) groups excluding carboxylic acids is 1. The van der Waals surface area contributed by atoms with E-state index in [9.17, 15) is 4.79 Å². The molecule has 0 spiro atoms. The standard InChI is InChI=1S/C18H23BN2O2/c1-2-14-8-10-16(11-9-14)19(15-6-4-3-5-7-15)23-18(22)17(21)12-13-20/h3-11,17H,2,12-13,20-21H2,1H3. The Morgan fingerprint density at radius 1 is 1.09 bits per heavy atom. The van der Waals surface area contributed by atoms with Gasteiger partial charge in [-0.2, -0.15) is 0 Å². The monoisotopic (exact) mass is 310 g/mol. The summed E-state index contributed by atoms with van der Waals surface area (Å²) in [6, 6.07) is 17.1. The Balaban J connectivity index is 2.26. The normalized spacial score (nSPS) is 11.8. The molecule has 1 atom stereocenters. The third-order valence-electron chi connectivity index (χ3n) is 3.81. The second kappa shape index (κ2) is 8.51. The zero-order chi connectivity index (χ0) is 16.7. The lowest BCUT2D eigenvalue weighted by molar-refractivity contribution is -0.136. The van der Waals surface area contributed by atoms with E-state index in [0.29, 0.717) is 13.0 Å². The minimum Gasteiger partial charge on any atom is -0.525 e. The average molecular weight is 310 g/mol. The van der Waals surface area contributed by atoms with Crippen LogP contribution in [0.1, 0.15) is 18.9 Å². The predicted molar refractivity (Wildman–Crippen MR) is 95.0 cm³/mol. The molecule has 4 N–H and O–H groups in total. The van der Waals surface area contributed by atoms with Gasteiger partial charge >= 0.3 is 12.9 Å². The summed E-state index contributed by atoms with van der Waals surface area (Å²) in [6.07, 6.45) is 1.38. The molecular formula is C18H23BN2O2. The second-order valence-electron chi connectivity index (χ2n) is 5.51. The largest absolute Gasteiger partial charge is 0.525 e. The molecule has 0 amide bonds. The van der Waals surface area contributed by atoms with Crippen molar-refractivity contribution in [2.24, 2.45) is 11.5 Å². The Kier molecular flexibility index (Phi) is 6.38. The van der Waals surface area contributed by atoms with Crippen LogP contribution in [0.2, 0.25) is 0 Å². The average Bonchev–Trinajstić information content (AvgIpc) is 2.60. The SMILES string of the molecule is CCc1ccc(B(OC(=O)C(N)CCN)c2ccccc2)cc1. The molecule has 120 valence electrons. The van der Waals surface area contributed by atoms with Crippen LogP contribution in [-0.2, 0) is 15.9 Å². The van der Waals surface area contributed by atoms with Crippen molar-refractivity contribution in [3.8, 4) is 0 Å². The van der Waals surface area contributed by atoms with Gasteiger partial charge in [0, 0.05) is 0 Å². The van der Waals surface area contributed by atoms with Crippen molar-refractivity contribution in [1.82, 2.24) is 0 Å². The third-order valence-corrected chi connectivity index (χ3v) is 3.81.